The van der Waals surface area contributed by atoms with Crippen molar-refractivity contribution in [1.82, 2.24) is 9.36 Å². The highest BCUT2D eigenvalue weighted by Crippen LogP contribution is 2.38. The highest BCUT2D eigenvalue weighted by atomic mass is 79.9. The Morgan fingerprint density at radius 1 is 0.950 bits per heavy atom. The number of ether oxygens (including phenoxy) is 3. The van der Waals surface area contributed by atoms with Crippen LogP contribution in [0, 0.1) is 11.6 Å². The van der Waals surface area contributed by atoms with Gasteiger partial charge in [0.05, 0.1) is 26.3 Å². The van der Waals surface area contributed by atoms with Crippen LogP contribution in [0.2, 0.25) is 0 Å². The molecule has 0 aliphatic heterocycles. The van der Waals surface area contributed by atoms with Crippen molar-refractivity contribution in [3.8, 4) is 23.0 Å². The van der Waals surface area contributed by atoms with Gasteiger partial charge in [-0.15, -0.1) is 0 Å². The number of anilines is 1. The Bertz CT molecular complexity index is 1640. The first kappa shape index (κ1) is 29.5. The van der Waals surface area contributed by atoms with Gasteiger partial charge in [-0.2, -0.15) is 17.5 Å². The number of aromatic nitrogens is 2. The molecule has 3 aromatic carbocycles. The van der Waals surface area contributed by atoms with E-state index in [9.17, 15) is 21.6 Å². The molecule has 0 unspecified atom stereocenters. The third-order valence-electron chi connectivity index (χ3n) is 5.35. The summed E-state index contributed by atoms with van der Waals surface area (Å²) in [5, 5.41) is -0.146. The fourth-order valence-electron chi connectivity index (χ4n) is 3.49. The van der Waals surface area contributed by atoms with E-state index < -0.39 is 56.3 Å². The number of alkyl halides is 3. The Labute approximate surface area is 237 Å². The van der Waals surface area contributed by atoms with E-state index in [1.165, 1.54) is 26.4 Å². The Balaban J connectivity index is 1.73. The summed E-state index contributed by atoms with van der Waals surface area (Å²) in [7, 11) is -2.02. The molecule has 0 amide bonds. The predicted molar refractivity (Wildman–Crippen MR) is 138 cm³/mol. The van der Waals surface area contributed by atoms with Gasteiger partial charge in [-0.1, -0.05) is 15.9 Å². The van der Waals surface area contributed by atoms with Crippen LogP contribution >= 0.6 is 27.5 Å². The average molecular weight is 666 g/mol. The molecule has 212 valence electrons. The van der Waals surface area contributed by atoms with E-state index in [2.05, 4.69) is 25.3 Å². The van der Waals surface area contributed by atoms with Gasteiger partial charge in [0.15, 0.2) is 11.6 Å². The molecule has 0 atom stereocenters. The van der Waals surface area contributed by atoms with Gasteiger partial charge in [-0.25, -0.2) is 26.5 Å². The van der Waals surface area contributed by atoms with Crippen LogP contribution in [0.15, 0.2) is 64.2 Å². The summed E-state index contributed by atoms with van der Waals surface area (Å²) in [6.07, 6.45) is -3.64. The van der Waals surface area contributed by atoms with Crippen molar-refractivity contribution in [3.05, 3.63) is 82.1 Å². The van der Waals surface area contributed by atoms with Crippen LogP contribution in [0.1, 0.15) is 11.1 Å². The first-order valence-corrected chi connectivity index (χ1v) is 13.9. The SMILES string of the molecule is COc1ccc(CN(c2ncns2)S(=O)(=O)c2cc(F)c(Oc3cc(Br)cc(C(F)(F)F)c3)cc2F)c(OC)c1. The minimum absolute atomic E-state index is 0.0286. The number of sulfonamides is 1. The molecule has 1 heterocycles. The van der Waals surface area contributed by atoms with Crippen molar-refractivity contribution in [2.75, 3.05) is 18.5 Å². The van der Waals surface area contributed by atoms with E-state index in [-0.39, 0.29) is 15.4 Å². The molecule has 0 radical (unpaired) electrons. The zero-order valence-corrected chi connectivity index (χ0v) is 23.6. The quantitative estimate of drug-likeness (QED) is 0.182. The van der Waals surface area contributed by atoms with Crippen molar-refractivity contribution in [2.24, 2.45) is 0 Å². The molecule has 0 spiro atoms. The summed E-state index contributed by atoms with van der Waals surface area (Å²) in [6.45, 7) is -0.401. The molecular weight excluding hydrogens is 649 g/mol. The van der Waals surface area contributed by atoms with Crippen LogP contribution in [-0.4, -0.2) is 32.0 Å². The second-order valence-electron chi connectivity index (χ2n) is 7.90. The highest BCUT2D eigenvalue weighted by molar-refractivity contribution is 9.10. The third-order valence-corrected chi connectivity index (χ3v) is 8.37. The number of hydrogen-bond acceptors (Lipinski definition) is 8. The molecule has 0 bridgehead atoms. The van der Waals surface area contributed by atoms with Gasteiger partial charge < -0.3 is 14.2 Å². The van der Waals surface area contributed by atoms with E-state index in [1.54, 1.807) is 6.07 Å². The standard InChI is InChI=1S/C24H17BrF5N3O5S2/c1-36-16-4-3-13(20(8-16)37-2)11-33(23-31-12-32-39-23)40(34,35)22-10-18(26)21(9-19(22)27)38-17-6-14(24(28,29)30)5-15(25)7-17/h3-10,12H,11H2,1-2H3. The molecule has 0 aliphatic rings. The normalized spacial score (nSPS) is 11.8. The maximum Gasteiger partial charge on any atom is 0.416 e. The molecule has 16 heteroatoms. The molecule has 40 heavy (non-hydrogen) atoms. The Kier molecular flexibility index (Phi) is 8.51. The topological polar surface area (TPSA) is 90.9 Å². The smallest absolute Gasteiger partial charge is 0.416 e. The molecule has 0 saturated heterocycles. The molecule has 1 aromatic heterocycles. The summed E-state index contributed by atoms with van der Waals surface area (Å²) in [5.74, 6) is -3.36. The van der Waals surface area contributed by atoms with Crippen LogP contribution in [0.3, 0.4) is 0 Å². The molecule has 4 aromatic rings. The van der Waals surface area contributed by atoms with E-state index in [4.69, 9.17) is 14.2 Å². The molecule has 0 N–H and O–H groups in total. The van der Waals surface area contributed by atoms with Gasteiger partial charge >= 0.3 is 6.18 Å². The molecule has 8 nitrogen and oxygen atoms in total. The highest BCUT2D eigenvalue weighted by Gasteiger charge is 2.34. The average Bonchev–Trinajstić information content (AvgIpc) is 3.42. The molecular formula is C24H17BrF5N3O5S2. The Hall–Kier alpha value is -3.50. The first-order valence-electron chi connectivity index (χ1n) is 10.9. The summed E-state index contributed by atoms with van der Waals surface area (Å²) in [5.41, 5.74) is -0.753. The summed E-state index contributed by atoms with van der Waals surface area (Å²) in [4.78, 5) is 2.84. The largest absolute Gasteiger partial charge is 0.497 e. The maximum absolute atomic E-state index is 15.2. The number of hydrogen-bond donors (Lipinski definition) is 0. The molecule has 0 saturated carbocycles. The lowest BCUT2D eigenvalue weighted by Crippen LogP contribution is -2.31. The molecule has 4 rings (SSSR count). The predicted octanol–water partition coefficient (Wildman–Crippen LogP) is 6.80. The molecule has 0 fully saturated rings. The number of rotatable bonds is 9. The van der Waals surface area contributed by atoms with Gasteiger partial charge in [-0.3, -0.25) is 0 Å². The van der Waals surface area contributed by atoms with Crippen molar-refractivity contribution in [3.63, 3.8) is 0 Å². The second-order valence-corrected chi connectivity index (χ2v) is 11.4. The van der Waals surface area contributed by atoms with Gasteiger partial charge in [0.2, 0.25) is 5.13 Å². The van der Waals surface area contributed by atoms with Crippen molar-refractivity contribution in [1.29, 1.82) is 0 Å². The molecule has 0 aliphatic carbocycles. The number of benzene rings is 3. The van der Waals surface area contributed by atoms with Gasteiger partial charge in [0, 0.05) is 39.8 Å². The Morgan fingerprint density at radius 2 is 1.70 bits per heavy atom. The van der Waals surface area contributed by atoms with E-state index in [0.29, 0.717) is 41.0 Å². The monoisotopic (exact) mass is 665 g/mol. The minimum Gasteiger partial charge on any atom is -0.497 e. The summed E-state index contributed by atoms with van der Waals surface area (Å²) in [6, 6.07) is 7.88. The number of methoxy groups -OCH3 is 2. The van der Waals surface area contributed by atoms with Gasteiger partial charge in [-0.05, 0) is 30.3 Å². The third kappa shape index (κ3) is 6.28. The van der Waals surface area contributed by atoms with Crippen LogP contribution in [0.5, 0.6) is 23.0 Å². The zero-order valence-electron chi connectivity index (χ0n) is 20.4. The lowest BCUT2D eigenvalue weighted by atomic mass is 10.2. The van der Waals surface area contributed by atoms with Crippen LogP contribution in [0.25, 0.3) is 0 Å². The van der Waals surface area contributed by atoms with Crippen molar-refractivity contribution in [2.45, 2.75) is 17.6 Å². The van der Waals surface area contributed by atoms with E-state index in [1.807, 2.05) is 0 Å². The zero-order chi connectivity index (χ0) is 29.2. The van der Waals surface area contributed by atoms with E-state index >= 15 is 8.78 Å². The summed E-state index contributed by atoms with van der Waals surface area (Å²) < 4.78 is 117. The van der Waals surface area contributed by atoms with Crippen molar-refractivity contribution >= 4 is 42.6 Å². The van der Waals surface area contributed by atoms with Crippen molar-refractivity contribution < 1.29 is 44.6 Å². The second kappa shape index (κ2) is 11.5. The first-order chi connectivity index (χ1) is 18.8. The number of nitrogens with zero attached hydrogens (tertiary/aromatic N) is 3. The summed E-state index contributed by atoms with van der Waals surface area (Å²) >= 11 is 3.61. The van der Waals surface area contributed by atoms with Crippen LogP contribution in [-0.2, 0) is 22.7 Å². The number of halogens is 6. The Morgan fingerprint density at radius 3 is 2.33 bits per heavy atom. The van der Waals surface area contributed by atoms with Crippen LogP contribution < -0.4 is 18.5 Å². The maximum atomic E-state index is 15.2. The fraction of sp³-hybridized carbons (Fsp3) is 0.167. The van der Waals surface area contributed by atoms with E-state index in [0.717, 1.165) is 22.8 Å². The van der Waals surface area contributed by atoms with Gasteiger partial charge in [0.1, 0.15) is 34.3 Å². The van der Waals surface area contributed by atoms with Gasteiger partial charge in [0.25, 0.3) is 10.0 Å². The lowest BCUT2D eigenvalue weighted by molar-refractivity contribution is -0.137. The minimum atomic E-state index is -4.81. The fourth-order valence-corrected chi connectivity index (χ4v) is 6.15. The van der Waals surface area contributed by atoms with Crippen LogP contribution in [0.4, 0.5) is 27.1 Å². The lowest BCUT2D eigenvalue weighted by Gasteiger charge is -2.23.